The van der Waals surface area contributed by atoms with E-state index in [4.69, 9.17) is 21.1 Å². The van der Waals surface area contributed by atoms with Crippen LogP contribution in [-0.4, -0.2) is 39.4 Å². The van der Waals surface area contributed by atoms with Gasteiger partial charge in [0.15, 0.2) is 0 Å². The molecule has 1 aromatic carbocycles. The molecule has 1 aromatic heterocycles. The first-order valence-electron chi connectivity index (χ1n) is 11.3. The van der Waals surface area contributed by atoms with Crippen LogP contribution >= 0.6 is 11.6 Å². The van der Waals surface area contributed by atoms with Crippen molar-refractivity contribution in [3.8, 4) is 0 Å². The molecule has 1 fully saturated rings. The van der Waals surface area contributed by atoms with Crippen molar-refractivity contribution in [2.24, 2.45) is 5.92 Å². The van der Waals surface area contributed by atoms with Crippen LogP contribution in [0.15, 0.2) is 24.3 Å². The highest BCUT2D eigenvalue weighted by Gasteiger charge is 2.30. The highest BCUT2D eigenvalue weighted by atomic mass is 35.5. The van der Waals surface area contributed by atoms with Crippen molar-refractivity contribution < 1.29 is 19.1 Å². The Bertz CT molecular complexity index is 980. The van der Waals surface area contributed by atoms with Crippen molar-refractivity contribution in [2.75, 3.05) is 6.54 Å². The van der Waals surface area contributed by atoms with Crippen LogP contribution in [-0.2, 0) is 21.9 Å². The molecule has 1 amide bonds. The third-order valence-electron chi connectivity index (χ3n) is 5.38. The van der Waals surface area contributed by atoms with Crippen molar-refractivity contribution in [1.29, 1.82) is 0 Å². The molecule has 6 nitrogen and oxygen atoms in total. The quantitative estimate of drug-likeness (QED) is 0.464. The summed E-state index contributed by atoms with van der Waals surface area (Å²) in [6, 6.07) is 7.73. The number of amides is 1. The van der Waals surface area contributed by atoms with Gasteiger partial charge in [0.25, 0.3) is 0 Å². The van der Waals surface area contributed by atoms with Crippen LogP contribution < -0.4 is 0 Å². The first kappa shape index (κ1) is 24.4. The lowest BCUT2D eigenvalue weighted by Gasteiger charge is -2.33. The van der Waals surface area contributed by atoms with Gasteiger partial charge in [-0.2, -0.15) is 0 Å². The van der Waals surface area contributed by atoms with Crippen LogP contribution in [0, 0.1) is 5.92 Å². The number of ether oxygens (including phenoxy) is 2. The van der Waals surface area contributed by atoms with Gasteiger partial charge in [0.2, 0.25) is 0 Å². The Morgan fingerprint density at radius 1 is 1.06 bits per heavy atom. The molecule has 0 atom stereocenters. The van der Waals surface area contributed by atoms with E-state index in [0.29, 0.717) is 24.0 Å². The second-order valence-corrected chi connectivity index (χ2v) is 10.9. The lowest BCUT2D eigenvalue weighted by Crippen LogP contribution is -2.41. The minimum absolute atomic E-state index is 0.259. The molecule has 176 valence electrons. The first-order chi connectivity index (χ1) is 14.9. The fourth-order valence-electron chi connectivity index (χ4n) is 3.74. The SMILES string of the molecule is CC(C)(C)OC(=O)N(Cc1cc2ccc(CCl)cc2n1C(=O)OC(C)(C)C)CC1CCC1. The predicted molar refractivity (Wildman–Crippen MR) is 127 cm³/mol. The Morgan fingerprint density at radius 2 is 1.72 bits per heavy atom. The number of hydrogen-bond donors (Lipinski definition) is 0. The largest absolute Gasteiger partial charge is 0.444 e. The van der Waals surface area contributed by atoms with Gasteiger partial charge in [0.1, 0.15) is 11.2 Å². The number of nitrogens with zero attached hydrogens (tertiary/aromatic N) is 2. The topological polar surface area (TPSA) is 60.8 Å². The number of halogens is 1. The van der Waals surface area contributed by atoms with Crippen LogP contribution in [0.1, 0.15) is 72.1 Å². The van der Waals surface area contributed by atoms with Gasteiger partial charge >= 0.3 is 12.2 Å². The van der Waals surface area contributed by atoms with E-state index in [1.165, 1.54) is 6.42 Å². The second-order valence-electron chi connectivity index (χ2n) is 10.6. The van der Waals surface area contributed by atoms with Crippen LogP contribution in [0.5, 0.6) is 0 Å². The molecule has 1 saturated carbocycles. The Balaban J connectivity index is 2.00. The average molecular weight is 463 g/mol. The third kappa shape index (κ3) is 6.18. The van der Waals surface area contributed by atoms with Crippen molar-refractivity contribution >= 4 is 34.7 Å². The van der Waals surface area contributed by atoms with Crippen LogP contribution in [0.4, 0.5) is 9.59 Å². The van der Waals surface area contributed by atoms with E-state index in [0.717, 1.165) is 29.3 Å². The smallest absolute Gasteiger partial charge is 0.419 e. The molecule has 7 heteroatoms. The molecule has 0 radical (unpaired) electrons. The van der Waals surface area contributed by atoms with E-state index >= 15 is 0 Å². The van der Waals surface area contributed by atoms with E-state index in [1.54, 1.807) is 9.47 Å². The van der Waals surface area contributed by atoms with Gasteiger partial charge < -0.3 is 14.4 Å². The van der Waals surface area contributed by atoms with Crippen molar-refractivity contribution in [3.05, 3.63) is 35.5 Å². The minimum Gasteiger partial charge on any atom is -0.444 e. The number of carbonyl (C=O) groups is 2. The summed E-state index contributed by atoms with van der Waals surface area (Å²) in [6.45, 7) is 12.0. The lowest BCUT2D eigenvalue weighted by atomic mass is 9.85. The highest BCUT2D eigenvalue weighted by molar-refractivity contribution is 6.17. The van der Waals surface area contributed by atoms with Gasteiger partial charge in [-0.3, -0.25) is 0 Å². The molecule has 1 heterocycles. The van der Waals surface area contributed by atoms with Crippen molar-refractivity contribution in [3.63, 3.8) is 0 Å². The van der Waals surface area contributed by atoms with E-state index in [-0.39, 0.29) is 12.6 Å². The summed E-state index contributed by atoms with van der Waals surface area (Å²) < 4.78 is 12.9. The molecule has 0 N–H and O–H groups in total. The molecule has 2 aromatic rings. The summed E-state index contributed by atoms with van der Waals surface area (Å²) in [4.78, 5) is 27.9. The fourth-order valence-corrected chi connectivity index (χ4v) is 3.91. The maximum absolute atomic E-state index is 13.2. The summed E-state index contributed by atoms with van der Waals surface area (Å²) >= 11 is 6.04. The van der Waals surface area contributed by atoms with Crippen LogP contribution in [0.25, 0.3) is 10.9 Å². The summed E-state index contributed by atoms with van der Waals surface area (Å²) in [5, 5.41) is 0.896. The van der Waals surface area contributed by atoms with Gasteiger partial charge in [-0.25, -0.2) is 14.2 Å². The minimum atomic E-state index is -0.647. The number of alkyl halides is 1. The maximum atomic E-state index is 13.2. The molecule has 3 rings (SSSR count). The Morgan fingerprint density at radius 3 is 2.25 bits per heavy atom. The molecule has 32 heavy (non-hydrogen) atoms. The lowest BCUT2D eigenvalue weighted by molar-refractivity contribution is 0.0163. The van der Waals surface area contributed by atoms with Crippen molar-refractivity contribution in [1.82, 2.24) is 9.47 Å². The molecular weight excluding hydrogens is 428 g/mol. The van der Waals surface area contributed by atoms with Gasteiger partial charge in [-0.1, -0.05) is 18.6 Å². The number of fused-ring (bicyclic) bond motifs is 1. The van der Waals surface area contributed by atoms with E-state index < -0.39 is 17.3 Å². The van der Waals surface area contributed by atoms with Gasteiger partial charge in [0.05, 0.1) is 12.1 Å². The van der Waals surface area contributed by atoms with Crippen LogP contribution in [0.2, 0.25) is 0 Å². The maximum Gasteiger partial charge on any atom is 0.419 e. The highest BCUT2D eigenvalue weighted by Crippen LogP contribution is 2.30. The van der Waals surface area contributed by atoms with Gasteiger partial charge in [0, 0.05) is 23.5 Å². The van der Waals surface area contributed by atoms with E-state index in [2.05, 4.69) is 0 Å². The molecule has 0 bridgehead atoms. The number of benzene rings is 1. The zero-order chi connectivity index (χ0) is 23.7. The first-order valence-corrected chi connectivity index (χ1v) is 11.8. The zero-order valence-corrected chi connectivity index (χ0v) is 20.8. The zero-order valence-electron chi connectivity index (χ0n) is 20.0. The molecule has 0 spiro atoms. The molecular formula is C25H35ClN2O4. The fraction of sp³-hybridized carbons (Fsp3) is 0.600. The standard InChI is InChI=1S/C25H35ClN2O4/c1-24(2,3)31-22(29)27(15-17-8-7-9-17)16-20-13-19-11-10-18(14-26)12-21(19)28(20)23(30)32-25(4,5)6/h10-13,17H,7-9,14-16H2,1-6H3. The molecule has 0 saturated heterocycles. The van der Waals surface area contributed by atoms with Crippen molar-refractivity contribution in [2.45, 2.75) is 84.4 Å². The summed E-state index contributed by atoms with van der Waals surface area (Å²) in [7, 11) is 0. The van der Waals surface area contributed by atoms with Gasteiger partial charge in [-0.05, 0) is 78.0 Å². The van der Waals surface area contributed by atoms with E-state index in [9.17, 15) is 9.59 Å². The number of hydrogen-bond acceptors (Lipinski definition) is 4. The molecule has 1 aliphatic rings. The third-order valence-corrected chi connectivity index (χ3v) is 5.69. The summed E-state index contributed by atoms with van der Waals surface area (Å²) in [6.07, 6.45) is 2.56. The average Bonchev–Trinajstić information content (AvgIpc) is 2.97. The van der Waals surface area contributed by atoms with Gasteiger partial charge in [-0.15, -0.1) is 11.6 Å². The Labute approximate surface area is 195 Å². The summed E-state index contributed by atoms with van der Waals surface area (Å²) in [5.41, 5.74) is 1.08. The predicted octanol–water partition coefficient (Wildman–Crippen LogP) is 6.70. The summed E-state index contributed by atoms with van der Waals surface area (Å²) in [5.74, 6) is 0.806. The Hall–Kier alpha value is -2.21. The number of aromatic nitrogens is 1. The normalized spacial score (nSPS) is 14.8. The molecule has 1 aliphatic carbocycles. The number of rotatable bonds is 5. The molecule has 0 unspecified atom stereocenters. The number of carbonyl (C=O) groups excluding carboxylic acids is 2. The van der Waals surface area contributed by atoms with Crippen LogP contribution in [0.3, 0.4) is 0 Å². The van der Waals surface area contributed by atoms with E-state index in [1.807, 2.05) is 65.8 Å². The molecule has 0 aliphatic heterocycles. The monoisotopic (exact) mass is 462 g/mol. The Kier molecular flexibility index (Phi) is 7.13. The second kappa shape index (κ2) is 9.34.